The fraction of sp³-hybridized carbons (Fsp3) is 0.300. The molecule has 1 fully saturated rings. The molecular weight excluding hydrogens is 312 g/mol. The first kappa shape index (κ1) is 15.7. The molecule has 5 heteroatoms. The number of aromatic amines is 1. The Balaban J connectivity index is 1.51. The number of hydrogen-bond acceptors (Lipinski definition) is 2. The van der Waals surface area contributed by atoms with Crippen molar-refractivity contribution < 1.29 is 4.79 Å². The van der Waals surface area contributed by atoms with Crippen molar-refractivity contribution in [2.45, 2.75) is 18.8 Å². The van der Waals surface area contributed by atoms with Crippen molar-refractivity contribution in [3.8, 4) is 11.3 Å². The van der Waals surface area contributed by atoms with Gasteiger partial charge in [-0.2, -0.15) is 5.10 Å². The van der Waals surface area contributed by atoms with E-state index < -0.39 is 0 Å². The van der Waals surface area contributed by atoms with E-state index in [1.807, 2.05) is 53.0 Å². The first-order valence-corrected chi connectivity index (χ1v) is 8.73. The molecule has 25 heavy (non-hydrogen) atoms. The Morgan fingerprint density at radius 3 is 2.80 bits per heavy atom. The highest BCUT2D eigenvalue weighted by Gasteiger charge is 2.27. The van der Waals surface area contributed by atoms with Crippen LogP contribution in [0.15, 0.2) is 54.7 Å². The molecule has 1 amide bonds. The van der Waals surface area contributed by atoms with Gasteiger partial charge in [-0.15, -0.1) is 0 Å². The zero-order valence-corrected chi connectivity index (χ0v) is 14.4. The molecule has 2 aromatic heterocycles. The molecule has 5 nitrogen and oxygen atoms in total. The SMILES string of the molecule is Cn1cccc1C(=O)N1CCC[C@@H](c2cc(-c3ccccc3)n[nH]2)C1. The smallest absolute Gasteiger partial charge is 0.270 e. The van der Waals surface area contributed by atoms with Gasteiger partial charge in [-0.3, -0.25) is 9.89 Å². The topological polar surface area (TPSA) is 53.9 Å². The Labute approximate surface area is 147 Å². The number of piperidine rings is 1. The number of nitrogens with one attached hydrogen (secondary N) is 1. The number of aryl methyl sites for hydroxylation is 1. The number of rotatable bonds is 3. The van der Waals surface area contributed by atoms with E-state index >= 15 is 0 Å². The third-order valence-corrected chi connectivity index (χ3v) is 4.98. The maximum atomic E-state index is 12.8. The second-order valence-electron chi connectivity index (χ2n) is 6.67. The standard InChI is InChI=1S/C20H22N4O/c1-23-11-6-10-19(23)20(25)24-12-5-9-16(14-24)18-13-17(21-22-18)15-7-3-2-4-8-15/h2-4,6-8,10-11,13,16H,5,9,12,14H2,1H3,(H,21,22)/t16-/m1/s1. The lowest BCUT2D eigenvalue weighted by atomic mass is 9.94. The molecule has 3 aromatic rings. The molecule has 128 valence electrons. The van der Waals surface area contributed by atoms with Crippen molar-refractivity contribution in [1.29, 1.82) is 0 Å². The summed E-state index contributed by atoms with van der Waals surface area (Å²) in [5.41, 5.74) is 3.93. The first-order valence-electron chi connectivity index (χ1n) is 8.73. The van der Waals surface area contributed by atoms with Gasteiger partial charge in [0.05, 0.1) is 5.69 Å². The summed E-state index contributed by atoms with van der Waals surface area (Å²) in [5.74, 6) is 0.419. The minimum Gasteiger partial charge on any atom is -0.347 e. The van der Waals surface area contributed by atoms with Crippen LogP contribution in [0.2, 0.25) is 0 Å². The fourth-order valence-corrected chi connectivity index (χ4v) is 3.56. The monoisotopic (exact) mass is 334 g/mol. The van der Waals surface area contributed by atoms with Crippen LogP contribution in [0.5, 0.6) is 0 Å². The van der Waals surface area contributed by atoms with Gasteiger partial charge in [0.1, 0.15) is 5.69 Å². The molecule has 3 heterocycles. The van der Waals surface area contributed by atoms with Crippen molar-refractivity contribution in [1.82, 2.24) is 19.7 Å². The molecule has 0 radical (unpaired) electrons. The molecule has 1 N–H and O–H groups in total. The lowest BCUT2D eigenvalue weighted by Crippen LogP contribution is -2.39. The minimum absolute atomic E-state index is 0.111. The summed E-state index contributed by atoms with van der Waals surface area (Å²) in [5, 5.41) is 7.65. The third-order valence-electron chi connectivity index (χ3n) is 4.98. The van der Waals surface area contributed by atoms with E-state index in [2.05, 4.69) is 28.4 Å². The molecule has 0 saturated carbocycles. The predicted molar refractivity (Wildman–Crippen MR) is 97.3 cm³/mol. The average Bonchev–Trinajstić information content (AvgIpc) is 3.31. The van der Waals surface area contributed by atoms with E-state index in [0.717, 1.165) is 48.6 Å². The number of carbonyl (C=O) groups excluding carboxylic acids is 1. The zero-order chi connectivity index (χ0) is 17.2. The quantitative estimate of drug-likeness (QED) is 0.798. The Hall–Kier alpha value is -2.82. The molecule has 0 unspecified atom stereocenters. The zero-order valence-electron chi connectivity index (χ0n) is 14.4. The second-order valence-corrected chi connectivity index (χ2v) is 6.67. The number of aromatic nitrogens is 3. The van der Waals surface area contributed by atoms with Gasteiger partial charge >= 0.3 is 0 Å². The van der Waals surface area contributed by atoms with Crippen LogP contribution in [0, 0.1) is 0 Å². The minimum atomic E-state index is 0.111. The predicted octanol–water partition coefficient (Wildman–Crippen LogP) is 3.44. The Kier molecular flexibility index (Phi) is 4.14. The number of benzene rings is 1. The van der Waals surface area contributed by atoms with Crippen molar-refractivity contribution in [3.63, 3.8) is 0 Å². The summed E-state index contributed by atoms with van der Waals surface area (Å²) in [6.45, 7) is 1.56. The summed E-state index contributed by atoms with van der Waals surface area (Å²) < 4.78 is 1.88. The molecular formula is C20H22N4O. The van der Waals surface area contributed by atoms with Crippen molar-refractivity contribution in [2.24, 2.45) is 7.05 Å². The molecule has 1 saturated heterocycles. The van der Waals surface area contributed by atoms with Crippen LogP contribution in [-0.2, 0) is 7.05 Å². The highest BCUT2D eigenvalue weighted by molar-refractivity contribution is 5.92. The number of likely N-dealkylation sites (tertiary alicyclic amines) is 1. The van der Waals surface area contributed by atoms with Crippen LogP contribution in [0.4, 0.5) is 0 Å². The summed E-state index contributed by atoms with van der Waals surface area (Å²) in [6, 6.07) is 16.1. The molecule has 1 aromatic carbocycles. The maximum Gasteiger partial charge on any atom is 0.270 e. The highest BCUT2D eigenvalue weighted by atomic mass is 16.2. The molecule has 0 aliphatic carbocycles. The Morgan fingerprint density at radius 2 is 2.04 bits per heavy atom. The summed E-state index contributed by atoms with van der Waals surface area (Å²) in [4.78, 5) is 14.7. The van der Waals surface area contributed by atoms with E-state index in [4.69, 9.17) is 0 Å². The van der Waals surface area contributed by atoms with Crippen LogP contribution in [-0.4, -0.2) is 38.7 Å². The number of hydrogen-bond donors (Lipinski definition) is 1. The van der Waals surface area contributed by atoms with Gasteiger partial charge in [0.15, 0.2) is 0 Å². The lowest BCUT2D eigenvalue weighted by Gasteiger charge is -2.32. The summed E-state index contributed by atoms with van der Waals surface area (Å²) in [6.07, 6.45) is 4.00. The van der Waals surface area contributed by atoms with Gasteiger partial charge in [-0.05, 0) is 31.0 Å². The van der Waals surface area contributed by atoms with Gasteiger partial charge in [-0.1, -0.05) is 30.3 Å². The fourth-order valence-electron chi connectivity index (χ4n) is 3.56. The van der Waals surface area contributed by atoms with Crippen molar-refractivity contribution >= 4 is 5.91 Å². The molecule has 4 rings (SSSR count). The average molecular weight is 334 g/mol. The van der Waals surface area contributed by atoms with Gasteiger partial charge in [0.2, 0.25) is 0 Å². The summed E-state index contributed by atoms with van der Waals surface area (Å²) >= 11 is 0. The Morgan fingerprint density at radius 1 is 1.20 bits per heavy atom. The van der Waals surface area contributed by atoms with Crippen molar-refractivity contribution in [2.75, 3.05) is 13.1 Å². The van der Waals surface area contributed by atoms with Crippen LogP contribution < -0.4 is 0 Å². The number of nitrogens with zero attached hydrogens (tertiary/aromatic N) is 3. The van der Waals surface area contributed by atoms with Gasteiger partial charge in [-0.25, -0.2) is 0 Å². The molecule has 0 spiro atoms. The van der Waals surface area contributed by atoms with Crippen LogP contribution in [0.1, 0.15) is 34.9 Å². The highest BCUT2D eigenvalue weighted by Crippen LogP contribution is 2.29. The van der Waals surface area contributed by atoms with E-state index in [-0.39, 0.29) is 5.91 Å². The van der Waals surface area contributed by atoms with Crippen LogP contribution >= 0.6 is 0 Å². The molecule has 1 aliphatic rings. The maximum absolute atomic E-state index is 12.8. The number of carbonyl (C=O) groups is 1. The second kappa shape index (κ2) is 6.59. The third kappa shape index (κ3) is 3.09. The van der Waals surface area contributed by atoms with Gasteiger partial charge in [0, 0.05) is 43.5 Å². The first-order chi connectivity index (χ1) is 12.2. The Bertz CT molecular complexity index is 865. The normalized spacial score (nSPS) is 17.6. The van der Waals surface area contributed by atoms with E-state index in [1.54, 1.807) is 0 Å². The van der Waals surface area contributed by atoms with Crippen LogP contribution in [0.25, 0.3) is 11.3 Å². The summed E-state index contributed by atoms with van der Waals surface area (Å²) in [7, 11) is 1.91. The molecule has 1 atom stereocenters. The van der Waals surface area contributed by atoms with Crippen molar-refractivity contribution in [3.05, 3.63) is 66.1 Å². The number of amides is 1. The van der Waals surface area contributed by atoms with Crippen LogP contribution in [0.3, 0.4) is 0 Å². The van der Waals surface area contributed by atoms with Gasteiger partial charge in [0.25, 0.3) is 5.91 Å². The largest absolute Gasteiger partial charge is 0.347 e. The number of H-pyrrole nitrogens is 1. The van der Waals surface area contributed by atoms with E-state index in [0.29, 0.717) is 5.92 Å². The molecule has 1 aliphatic heterocycles. The van der Waals surface area contributed by atoms with E-state index in [9.17, 15) is 4.79 Å². The lowest BCUT2D eigenvalue weighted by molar-refractivity contribution is 0.0696. The molecule has 0 bridgehead atoms. The van der Waals surface area contributed by atoms with E-state index in [1.165, 1.54) is 0 Å². The van der Waals surface area contributed by atoms with Gasteiger partial charge < -0.3 is 9.47 Å².